The van der Waals surface area contributed by atoms with Crippen LogP contribution in [0.25, 0.3) is 0 Å². The lowest BCUT2D eigenvalue weighted by Gasteiger charge is -2.18. The molecule has 1 heterocycles. The molecule has 5 rings (SSSR count). The number of thiazole rings is 1. The first-order valence-corrected chi connectivity index (χ1v) is 11.8. The molecule has 0 saturated carbocycles. The van der Waals surface area contributed by atoms with E-state index in [1.54, 1.807) is 0 Å². The van der Waals surface area contributed by atoms with Gasteiger partial charge in [-0.25, -0.2) is 4.98 Å². The summed E-state index contributed by atoms with van der Waals surface area (Å²) in [7, 11) is 0. The zero-order chi connectivity index (χ0) is 21.8. The van der Waals surface area contributed by atoms with Crippen LogP contribution in [0.15, 0.2) is 121 Å². The van der Waals surface area contributed by atoms with Crippen molar-refractivity contribution < 1.29 is 0 Å². The Bertz CT molecular complexity index is 1180. The maximum atomic E-state index is 5.15. The molecule has 0 atom stereocenters. The fraction of sp³-hybridized carbons (Fsp3) is 0.100. The van der Waals surface area contributed by atoms with Gasteiger partial charge in [0.05, 0.1) is 11.6 Å². The minimum atomic E-state index is 0.127. The van der Waals surface area contributed by atoms with Gasteiger partial charge in [0, 0.05) is 10.8 Å². The maximum absolute atomic E-state index is 5.15. The molecule has 0 fully saturated rings. The lowest BCUT2D eigenvalue weighted by molar-refractivity contribution is 0.934. The van der Waals surface area contributed by atoms with Gasteiger partial charge in [0.15, 0.2) is 0 Å². The normalized spacial score (nSPS) is 11.2. The molecule has 32 heavy (non-hydrogen) atoms. The standard InChI is InChI=1S/C30H25NS/c1-22-29(27(23-14-6-2-7-15-23)24-16-8-3-9-17-24)32-30(31-22)28(25-18-10-4-11-19-25)26-20-12-5-13-21-26/h2-21,27-28H,1H3. The van der Waals surface area contributed by atoms with Gasteiger partial charge in [-0.05, 0) is 29.2 Å². The van der Waals surface area contributed by atoms with Crippen LogP contribution in [-0.2, 0) is 0 Å². The van der Waals surface area contributed by atoms with E-state index < -0.39 is 0 Å². The Labute approximate surface area is 194 Å². The van der Waals surface area contributed by atoms with Crippen LogP contribution in [0.2, 0.25) is 0 Å². The third-order valence-corrected chi connectivity index (χ3v) is 7.18. The molecule has 156 valence electrons. The average molecular weight is 432 g/mol. The van der Waals surface area contributed by atoms with Gasteiger partial charge >= 0.3 is 0 Å². The van der Waals surface area contributed by atoms with E-state index in [2.05, 4.69) is 128 Å². The van der Waals surface area contributed by atoms with Crippen LogP contribution in [0.3, 0.4) is 0 Å². The van der Waals surface area contributed by atoms with Gasteiger partial charge in [-0.2, -0.15) is 0 Å². The number of rotatable bonds is 6. The molecule has 0 unspecified atom stereocenters. The molecule has 1 nitrogen and oxygen atoms in total. The van der Waals surface area contributed by atoms with E-state index in [1.807, 2.05) is 11.3 Å². The van der Waals surface area contributed by atoms with Gasteiger partial charge < -0.3 is 0 Å². The van der Waals surface area contributed by atoms with E-state index in [0.29, 0.717) is 0 Å². The van der Waals surface area contributed by atoms with Gasteiger partial charge in [0.2, 0.25) is 0 Å². The lowest BCUT2D eigenvalue weighted by Crippen LogP contribution is -2.02. The topological polar surface area (TPSA) is 12.9 Å². The van der Waals surface area contributed by atoms with Crippen LogP contribution in [0.5, 0.6) is 0 Å². The Balaban J connectivity index is 1.66. The molecule has 0 aliphatic carbocycles. The van der Waals surface area contributed by atoms with Gasteiger partial charge in [-0.3, -0.25) is 0 Å². The Morgan fingerprint density at radius 2 is 0.844 bits per heavy atom. The Morgan fingerprint density at radius 1 is 0.500 bits per heavy atom. The Hall–Kier alpha value is -3.49. The molecule has 0 bridgehead atoms. The highest BCUT2D eigenvalue weighted by Gasteiger charge is 2.26. The second-order valence-corrected chi connectivity index (χ2v) is 9.07. The van der Waals surface area contributed by atoms with Crippen LogP contribution >= 0.6 is 11.3 Å². The molecule has 5 aromatic rings. The number of hydrogen-bond donors (Lipinski definition) is 0. The first-order chi connectivity index (χ1) is 15.8. The summed E-state index contributed by atoms with van der Waals surface area (Å²) in [4.78, 5) is 6.47. The fourth-order valence-electron chi connectivity index (χ4n) is 4.38. The predicted molar refractivity (Wildman–Crippen MR) is 135 cm³/mol. The number of nitrogens with zero attached hydrogens (tertiary/aromatic N) is 1. The maximum Gasteiger partial charge on any atom is 0.105 e. The first kappa shape index (κ1) is 20.4. The van der Waals surface area contributed by atoms with E-state index >= 15 is 0 Å². The van der Waals surface area contributed by atoms with Gasteiger partial charge in [0.1, 0.15) is 5.01 Å². The number of hydrogen-bond acceptors (Lipinski definition) is 2. The minimum absolute atomic E-state index is 0.127. The second kappa shape index (κ2) is 9.33. The van der Waals surface area contributed by atoms with Crippen LogP contribution in [0, 0.1) is 6.92 Å². The highest BCUT2D eigenvalue weighted by atomic mass is 32.1. The molecule has 0 aliphatic heterocycles. The van der Waals surface area contributed by atoms with Crippen molar-refractivity contribution >= 4 is 11.3 Å². The summed E-state index contributed by atoms with van der Waals surface area (Å²) in [5, 5.41) is 1.15. The van der Waals surface area contributed by atoms with E-state index in [4.69, 9.17) is 4.98 Å². The molecule has 4 aromatic carbocycles. The molecule has 2 heteroatoms. The highest BCUT2D eigenvalue weighted by molar-refractivity contribution is 7.12. The van der Waals surface area contributed by atoms with Crippen molar-refractivity contribution in [3.05, 3.63) is 159 Å². The molecular weight excluding hydrogens is 406 g/mol. The van der Waals surface area contributed by atoms with Crippen LogP contribution in [0.1, 0.15) is 49.7 Å². The quantitative estimate of drug-likeness (QED) is 0.267. The smallest absolute Gasteiger partial charge is 0.105 e. The van der Waals surface area contributed by atoms with Gasteiger partial charge in [-0.1, -0.05) is 121 Å². The van der Waals surface area contributed by atoms with Gasteiger partial charge in [-0.15, -0.1) is 11.3 Å². The summed E-state index contributed by atoms with van der Waals surface area (Å²) >= 11 is 1.84. The molecule has 1 aromatic heterocycles. The summed E-state index contributed by atoms with van der Waals surface area (Å²) in [5.41, 5.74) is 6.26. The number of aryl methyl sites for hydroxylation is 1. The van der Waals surface area contributed by atoms with Crippen molar-refractivity contribution in [2.24, 2.45) is 0 Å². The zero-order valence-electron chi connectivity index (χ0n) is 18.1. The molecule has 0 aliphatic rings. The van der Waals surface area contributed by atoms with E-state index in [0.717, 1.165) is 10.7 Å². The molecule has 0 amide bonds. The molecule has 0 radical (unpaired) electrons. The number of aromatic nitrogens is 1. The first-order valence-electron chi connectivity index (χ1n) is 11.0. The molecule has 0 saturated heterocycles. The molecule has 0 spiro atoms. The summed E-state index contributed by atoms with van der Waals surface area (Å²) in [5.74, 6) is 0.304. The minimum Gasteiger partial charge on any atom is -0.245 e. The monoisotopic (exact) mass is 431 g/mol. The van der Waals surface area contributed by atoms with Crippen molar-refractivity contribution in [2.45, 2.75) is 18.8 Å². The lowest BCUT2D eigenvalue weighted by atomic mass is 9.89. The number of benzene rings is 4. The zero-order valence-corrected chi connectivity index (χ0v) is 18.9. The SMILES string of the molecule is Cc1nc(C(c2ccccc2)c2ccccc2)sc1C(c1ccccc1)c1ccccc1. The third kappa shape index (κ3) is 4.15. The van der Waals surface area contributed by atoms with Crippen molar-refractivity contribution in [3.8, 4) is 0 Å². The second-order valence-electron chi connectivity index (χ2n) is 8.01. The van der Waals surface area contributed by atoms with Crippen LogP contribution < -0.4 is 0 Å². The van der Waals surface area contributed by atoms with Crippen molar-refractivity contribution in [2.75, 3.05) is 0 Å². The largest absolute Gasteiger partial charge is 0.245 e. The van der Waals surface area contributed by atoms with Crippen molar-refractivity contribution in [3.63, 3.8) is 0 Å². The fourth-order valence-corrected chi connectivity index (χ4v) is 5.76. The Kier molecular flexibility index (Phi) is 5.96. The summed E-state index contributed by atoms with van der Waals surface area (Å²) in [6.45, 7) is 2.15. The summed E-state index contributed by atoms with van der Waals surface area (Å²) < 4.78 is 0. The van der Waals surface area contributed by atoms with Crippen LogP contribution in [-0.4, -0.2) is 4.98 Å². The highest BCUT2D eigenvalue weighted by Crippen LogP contribution is 2.41. The van der Waals surface area contributed by atoms with E-state index in [1.165, 1.54) is 27.1 Å². The van der Waals surface area contributed by atoms with Crippen molar-refractivity contribution in [1.82, 2.24) is 4.98 Å². The third-order valence-electron chi connectivity index (χ3n) is 5.89. The average Bonchev–Trinajstić information content (AvgIpc) is 3.22. The molecule has 0 N–H and O–H groups in total. The summed E-state index contributed by atoms with van der Waals surface area (Å²) in [6.07, 6.45) is 0. The molecular formula is C30H25NS. The Morgan fingerprint density at radius 3 is 1.22 bits per heavy atom. The summed E-state index contributed by atoms with van der Waals surface area (Å²) in [6, 6.07) is 43.0. The predicted octanol–water partition coefficient (Wildman–Crippen LogP) is 7.81. The van der Waals surface area contributed by atoms with Crippen LogP contribution in [0.4, 0.5) is 0 Å². The van der Waals surface area contributed by atoms with E-state index in [9.17, 15) is 0 Å². The van der Waals surface area contributed by atoms with Gasteiger partial charge in [0.25, 0.3) is 0 Å². The van der Waals surface area contributed by atoms with E-state index in [-0.39, 0.29) is 11.8 Å². The van der Waals surface area contributed by atoms with Crippen molar-refractivity contribution in [1.29, 1.82) is 0 Å².